The largest absolute Gasteiger partial charge is 0.381 e. The van der Waals surface area contributed by atoms with E-state index in [1.807, 2.05) is 18.2 Å². The molecule has 0 saturated heterocycles. The molecule has 2 rings (SSSR count). The minimum Gasteiger partial charge on any atom is -0.381 e. The summed E-state index contributed by atoms with van der Waals surface area (Å²) in [7, 11) is 0. The molecule has 96 valence electrons. The van der Waals surface area contributed by atoms with Crippen molar-refractivity contribution >= 4 is 21.6 Å². The van der Waals surface area contributed by atoms with E-state index in [1.165, 1.54) is 19.3 Å². The number of nitrogens with zero attached hydrogens (tertiary/aromatic N) is 1. The Hall–Kier alpha value is -1.01. The molecule has 1 aliphatic rings. The Morgan fingerprint density at radius 1 is 1.33 bits per heavy atom. The summed E-state index contributed by atoms with van der Waals surface area (Å²) in [5, 5.41) is 12.5. The van der Waals surface area contributed by atoms with Gasteiger partial charge in [-0.2, -0.15) is 5.26 Å². The molecule has 1 saturated carbocycles. The first kappa shape index (κ1) is 13.4. The van der Waals surface area contributed by atoms with Crippen LogP contribution in [-0.4, -0.2) is 6.04 Å². The number of anilines is 1. The predicted octanol–water partition coefficient (Wildman–Crippen LogP) is 4.56. The second kappa shape index (κ2) is 5.75. The maximum Gasteiger partial charge on any atom is 0.0992 e. The highest BCUT2D eigenvalue weighted by molar-refractivity contribution is 9.10. The molecule has 3 heteroatoms. The normalized spacial score (nSPS) is 27.6. The van der Waals surface area contributed by atoms with E-state index in [2.05, 4.69) is 41.2 Å². The fraction of sp³-hybridized carbons (Fsp3) is 0.533. The molecule has 3 unspecified atom stereocenters. The van der Waals surface area contributed by atoms with Crippen LogP contribution in [0.15, 0.2) is 22.7 Å². The lowest BCUT2D eigenvalue weighted by Gasteiger charge is -2.34. The molecule has 1 N–H and O–H groups in total. The van der Waals surface area contributed by atoms with Gasteiger partial charge in [0.1, 0.15) is 0 Å². The standard InChI is InChI=1S/C15H19BrN2/c1-10-3-4-11(2)15(7-10)18-14-6-5-12(9-17)8-13(14)16/h5-6,8,10-11,15,18H,3-4,7H2,1-2H3. The van der Waals surface area contributed by atoms with E-state index >= 15 is 0 Å². The molecule has 1 aromatic rings. The first-order valence-electron chi connectivity index (χ1n) is 6.56. The van der Waals surface area contributed by atoms with Gasteiger partial charge in [-0.25, -0.2) is 0 Å². The van der Waals surface area contributed by atoms with Gasteiger partial charge in [-0.05, 0) is 58.8 Å². The van der Waals surface area contributed by atoms with Crippen LogP contribution in [0.4, 0.5) is 5.69 Å². The number of halogens is 1. The zero-order chi connectivity index (χ0) is 13.1. The lowest BCUT2D eigenvalue weighted by Crippen LogP contribution is -2.33. The summed E-state index contributed by atoms with van der Waals surface area (Å²) < 4.78 is 0.979. The number of nitrogens with one attached hydrogen (secondary N) is 1. The van der Waals surface area contributed by atoms with Crippen LogP contribution in [0.2, 0.25) is 0 Å². The average Bonchev–Trinajstić information content (AvgIpc) is 2.36. The Kier molecular flexibility index (Phi) is 4.29. The monoisotopic (exact) mass is 306 g/mol. The number of rotatable bonds is 2. The van der Waals surface area contributed by atoms with Crippen molar-refractivity contribution in [2.24, 2.45) is 11.8 Å². The first-order chi connectivity index (χ1) is 8.60. The zero-order valence-electron chi connectivity index (χ0n) is 10.9. The van der Waals surface area contributed by atoms with E-state index in [-0.39, 0.29) is 0 Å². The van der Waals surface area contributed by atoms with Gasteiger partial charge in [0.25, 0.3) is 0 Å². The zero-order valence-corrected chi connectivity index (χ0v) is 12.5. The van der Waals surface area contributed by atoms with Gasteiger partial charge < -0.3 is 5.32 Å². The summed E-state index contributed by atoms with van der Waals surface area (Å²) >= 11 is 3.54. The van der Waals surface area contributed by atoms with Gasteiger partial charge in [-0.3, -0.25) is 0 Å². The van der Waals surface area contributed by atoms with E-state index in [0.717, 1.165) is 16.1 Å². The van der Waals surface area contributed by atoms with Gasteiger partial charge in [-0.1, -0.05) is 20.3 Å². The van der Waals surface area contributed by atoms with Crippen LogP contribution in [0, 0.1) is 23.2 Å². The Balaban J connectivity index is 2.11. The van der Waals surface area contributed by atoms with Crippen molar-refractivity contribution in [3.8, 4) is 6.07 Å². The van der Waals surface area contributed by atoms with Crippen molar-refractivity contribution < 1.29 is 0 Å². The quantitative estimate of drug-likeness (QED) is 0.869. The molecule has 0 bridgehead atoms. The molecule has 0 aromatic heterocycles. The molecule has 1 aromatic carbocycles. The SMILES string of the molecule is CC1CCC(C)C(Nc2ccc(C#N)cc2Br)C1. The fourth-order valence-electron chi connectivity index (χ4n) is 2.63. The predicted molar refractivity (Wildman–Crippen MR) is 78.4 cm³/mol. The molecule has 1 aliphatic carbocycles. The van der Waals surface area contributed by atoms with Crippen molar-refractivity contribution in [2.75, 3.05) is 5.32 Å². The Labute approximate surface area is 118 Å². The van der Waals surface area contributed by atoms with Crippen LogP contribution < -0.4 is 5.32 Å². The molecule has 1 fully saturated rings. The molecule has 3 atom stereocenters. The molecule has 0 spiro atoms. The minimum atomic E-state index is 0.540. The second-order valence-electron chi connectivity index (χ2n) is 5.45. The van der Waals surface area contributed by atoms with Crippen molar-refractivity contribution in [3.05, 3.63) is 28.2 Å². The molecule has 18 heavy (non-hydrogen) atoms. The Morgan fingerprint density at radius 3 is 2.78 bits per heavy atom. The van der Waals surface area contributed by atoms with Crippen molar-refractivity contribution in [3.63, 3.8) is 0 Å². The average molecular weight is 307 g/mol. The Morgan fingerprint density at radius 2 is 2.11 bits per heavy atom. The van der Waals surface area contributed by atoms with Crippen molar-refractivity contribution in [1.82, 2.24) is 0 Å². The van der Waals surface area contributed by atoms with Crippen LogP contribution in [0.1, 0.15) is 38.7 Å². The summed E-state index contributed by atoms with van der Waals surface area (Å²) in [4.78, 5) is 0. The van der Waals surface area contributed by atoms with E-state index in [4.69, 9.17) is 5.26 Å². The molecular formula is C15H19BrN2. The summed E-state index contributed by atoms with van der Waals surface area (Å²) in [6.45, 7) is 4.65. The number of hydrogen-bond acceptors (Lipinski definition) is 2. The highest BCUT2D eigenvalue weighted by Crippen LogP contribution is 2.32. The number of benzene rings is 1. The van der Waals surface area contributed by atoms with Gasteiger partial charge in [0, 0.05) is 16.2 Å². The van der Waals surface area contributed by atoms with Gasteiger partial charge >= 0.3 is 0 Å². The van der Waals surface area contributed by atoms with Crippen LogP contribution in [0.5, 0.6) is 0 Å². The lowest BCUT2D eigenvalue weighted by molar-refractivity contribution is 0.280. The topological polar surface area (TPSA) is 35.8 Å². The number of hydrogen-bond donors (Lipinski definition) is 1. The summed E-state index contributed by atoms with van der Waals surface area (Å²) in [5.74, 6) is 1.51. The third-order valence-electron chi connectivity index (χ3n) is 3.90. The third-order valence-corrected chi connectivity index (χ3v) is 4.55. The van der Waals surface area contributed by atoms with E-state index in [9.17, 15) is 0 Å². The van der Waals surface area contributed by atoms with Crippen LogP contribution in [-0.2, 0) is 0 Å². The van der Waals surface area contributed by atoms with E-state index < -0.39 is 0 Å². The second-order valence-corrected chi connectivity index (χ2v) is 6.31. The molecule has 0 heterocycles. The smallest absolute Gasteiger partial charge is 0.0992 e. The summed E-state index contributed by atoms with van der Waals surface area (Å²) in [6.07, 6.45) is 3.87. The van der Waals surface area contributed by atoms with E-state index in [1.54, 1.807) is 0 Å². The van der Waals surface area contributed by atoms with Crippen LogP contribution >= 0.6 is 15.9 Å². The van der Waals surface area contributed by atoms with Gasteiger partial charge in [-0.15, -0.1) is 0 Å². The maximum absolute atomic E-state index is 8.86. The molecule has 2 nitrogen and oxygen atoms in total. The van der Waals surface area contributed by atoms with Gasteiger partial charge in [0.2, 0.25) is 0 Å². The van der Waals surface area contributed by atoms with Crippen LogP contribution in [0.3, 0.4) is 0 Å². The molecule has 0 aliphatic heterocycles. The molecular weight excluding hydrogens is 288 g/mol. The summed E-state index contributed by atoms with van der Waals surface area (Å²) in [5.41, 5.74) is 1.79. The number of nitriles is 1. The third kappa shape index (κ3) is 3.05. The first-order valence-corrected chi connectivity index (χ1v) is 7.35. The van der Waals surface area contributed by atoms with Crippen LogP contribution in [0.25, 0.3) is 0 Å². The molecule has 0 amide bonds. The summed E-state index contributed by atoms with van der Waals surface area (Å²) in [6, 6.07) is 8.43. The van der Waals surface area contributed by atoms with Crippen molar-refractivity contribution in [1.29, 1.82) is 5.26 Å². The Bertz CT molecular complexity index is 464. The highest BCUT2D eigenvalue weighted by atomic mass is 79.9. The van der Waals surface area contributed by atoms with Gasteiger partial charge in [0.05, 0.1) is 11.6 Å². The maximum atomic E-state index is 8.86. The lowest BCUT2D eigenvalue weighted by atomic mass is 9.80. The molecule has 0 radical (unpaired) electrons. The highest BCUT2D eigenvalue weighted by Gasteiger charge is 2.25. The van der Waals surface area contributed by atoms with Crippen molar-refractivity contribution in [2.45, 2.75) is 39.2 Å². The van der Waals surface area contributed by atoms with Gasteiger partial charge in [0.15, 0.2) is 0 Å². The fourth-order valence-corrected chi connectivity index (χ4v) is 3.13. The minimum absolute atomic E-state index is 0.540. The van der Waals surface area contributed by atoms with E-state index in [0.29, 0.717) is 17.5 Å².